The van der Waals surface area contributed by atoms with E-state index in [0.29, 0.717) is 24.0 Å². The highest BCUT2D eigenvalue weighted by Gasteiger charge is 2.46. The Morgan fingerprint density at radius 1 is 1.42 bits per heavy atom. The molecule has 1 saturated heterocycles. The SMILES string of the molecule is NCC1OC(N2CNc3c(N)ncnc32)C(O)C1O. The highest BCUT2D eigenvalue weighted by atomic mass is 16.6. The predicted molar refractivity (Wildman–Crippen MR) is 67.1 cm³/mol. The number of nitrogens with one attached hydrogen (secondary N) is 1. The molecule has 0 bridgehead atoms. The van der Waals surface area contributed by atoms with Gasteiger partial charge in [0.1, 0.15) is 30.3 Å². The number of hydrogen-bond donors (Lipinski definition) is 5. The summed E-state index contributed by atoms with van der Waals surface area (Å²) in [7, 11) is 0. The van der Waals surface area contributed by atoms with Crippen molar-refractivity contribution in [2.75, 3.05) is 29.2 Å². The Labute approximate surface area is 109 Å². The molecular formula is C10H16N6O3. The first-order chi connectivity index (χ1) is 9.13. The molecule has 7 N–H and O–H groups in total. The summed E-state index contributed by atoms with van der Waals surface area (Å²) >= 11 is 0. The van der Waals surface area contributed by atoms with Crippen LogP contribution < -0.4 is 21.7 Å². The van der Waals surface area contributed by atoms with Gasteiger partial charge in [-0.25, -0.2) is 9.97 Å². The molecule has 3 heterocycles. The van der Waals surface area contributed by atoms with Gasteiger partial charge in [-0.05, 0) is 0 Å². The number of aromatic nitrogens is 2. The van der Waals surface area contributed by atoms with Gasteiger partial charge in [0.2, 0.25) is 0 Å². The van der Waals surface area contributed by atoms with Crippen LogP contribution in [-0.4, -0.2) is 57.9 Å². The highest BCUT2D eigenvalue weighted by molar-refractivity contribution is 5.80. The van der Waals surface area contributed by atoms with Crippen LogP contribution in [0.3, 0.4) is 0 Å². The fourth-order valence-electron chi connectivity index (χ4n) is 2.41. The number of nitrogens with zero attached hydrogens (tertiary/aromatic N) is 3. The van der Waals surface area contributed by atoms with E-state index in [9.17, 15) is 10.2 Å². The van der Waals surface area contributed by atoms with Crippen LogP contribution in [0.15, 0.2) is 6.33 Å². The fourth-order valence-corrected chi connectivity index (χ4v) is 2.41. The molecule has 0 spiro atoms. The number of fused-ring (bicyclic) bond motifs is 1. The maximum atomic E-state index is 10.0. The van der Waals surface area contributed by atoms with E-state index in [4.69, 9.17) is 16.2 Å². The van der Waals surface area contributed by atoms with Crippen LogP contribution >= 0.6 is 0 Å². The minimum Gasteiger partial charge on any atom is -0.387 e. The van der Waals surface area contributed by atoms with Gasteiger partial charge >= 0.3 is 0 Å². The summed E-state index contributed by atoms with van der Waals surface area (Å²) in [5.41, 5.74) is 11.8. The standard InChI is InChI=1S/C10H16N6O3/c11-1-4-6(17)7(18)10(19-4)16-3-15-5-8(12)13-2-14-9(5)16/h2,4,6-7,10,15,17-18H,1,3,11H2,(H2,12,13,14). The monoisotopic (exact) mass is 268 g/mol. The minimum absolute atomic E-state index is 0.134. The fraction of sp³-hybridized carbons (Fsp3) is 0.600. The van der Waals surface area contributed by atoms with E-state index in [1.54, 1.807) is 4.90 Å². The summed E-state index contributed by atoms with van der Waals surface area (Å²) < 4.78 is 5.58. The number of aliphatic hydroxyl groups is 2. The molecule has 4 unspecified atom stereocenters. The zero-order valence-electron chi connectivity index (χ0n) is 10.1. The predicted octanol–water partition coefficient (Wildman–Crippen LogP) is -2.35. The van der Waals surface area contributed by atoms with Crippen molar-refractivity contribution in [2.24, 2.45) is 5.73 Å². The van der Waals surface area contributed by atoms with Crippen molar-refractivity contribution in [1.82, 2.24) is 9.97 Å². The molecule has 2 aliphatic heterocycles. The van der Waals surface area contributed by atoms with Gasteiger partial charge in [-0.2, -0.15) is 0 Å². The van der Waals surface area contributed by atoms with Gasteiger partial charge in [-0.3, -0.25) is 0 Å². The summed E-state index contributed by atoms with van der Waals surface area (Å²) in [6, 6.07) is 0. The van der Waals surface area contributed by atoms with Crippen LogP contribution in [0.5, 0.6) is 0 Å². The van der Waals surface area contributed by atoms with Crippen LogP contribution in [0, 0.1) is 0 Å². The number of nitrogen functional groups attached to an aromatic ring is 1. The summed E-state index contributed by atoms with van der Waals surface area (Å²) in [6.45, 7) is 0.499. The van der Waals surface area contributed by atoms with Crippen molar-refractivity contribution in [1.29, 1.82) is 0 Å². The quantitative estimate of drug-likeness (QED) is 0.398. The Bertz CT molecular complexity index is 486. The third-order valence-corrected chi connectivity index (χ3v) is 3.43. The number of anilines is 3. The lowest BCUT2D eigenvalue weighted by Crippen LogP contribution is -2.44. The van der Waals surface area contributed by atoms with Crippen LogP contribution in [0.1, 0.15) is 0 Å². The molecule has 1 aromatic heterocycles. The van der Waals surface area contributed by atoms with E-state index in [-0.39, 0.29) is 6.54 Å². The van der Waals surface area contributed by atoms with Crippen molar-refractivity contribution < 1.29 is 14.9 Å². The minimum atomic E-state index is -1.06. The molecule has 2 aliphatic rings. The van der Waals surface area contributed by atoms with E-state index < -0.39 is 24.5 Å². The van der Waals surface area contributed by atoms with Crippen molar-refractivity contribution in [3.05, 3.63) is 6.33 Å². The average molecular weight is 268 g/mol. The summed E-state index contributed by atoms with van der Waals surface area (Å²) in [6.07, 6.45) is -2.04. The van der Waals surface area contributed by atoms with Gasteiger partial charge in [-0.1, -0.05) is 0 Å². The Hall–Kier alpha value is -1.68. The smallest absolute Gasteiger partial charge is 0.162 e. The van der Waals surface area contributed by atoms with E-state index >= 15 is 0 Å². The van der Waals surface area contributed by atoms with Crippen molar-refractivity contribution in [3.63, 3.8) is 0 Å². The Balaban J connectivity index is 1.88. The summed E-state index contributed by atoms with van der Waals surface area (Å²) in [4.78, 5) is 9.70. The molecule has 0 saturated carbocycles. The molecule has 0 amide bonds. The second-order valence-electron chi connectivity index (χ2n) is 4.54. The molecule has 0 aromatic carbocycles. The second-order valence-corrected chi connectivity index (χ2v) is 4.54. The van der Waals surface area contributed by atoms with Gasteiger partial charge in [0.25, 0.3) is 0 Å². The van der Waals surface area contributed by atoms with Crippen LogP contribution in [0.4, 0.5) is 17.3 Å². The Morgan fingerprint density at radius 2 is 2.21 bits per heavy atom. The zero-order valence-corrected chi connectivity index (χ0v) is 10.1. The molecule has 19 heavy (non-hydrogen) atoms. The molecule has 9 nitrogen and oxygen atoms in total. The van der Waals surface area contributed by atoms with Gasteiger partial charge in [0.15, 0.2) is 17.9 Å². The lowest BCUT2D eigenvalue weighted by molar-refractivity contribution is 0.0122. The maximum Gasteiger partial charge on any atom is 0.162 e. The molecule has 9 heteroatoms. The van der Waals surface area contributed by atoms with Gasteiger partial charge in [0.05, 0.1) is 6.67 Å². The molecule has 104 valence electrons. The maximum absolute atomic E-state index is 10.0. The molecule has 1 aromatic rings. The lowest BCUT2D eigenvalue weighted by Gasteiger charge is -2.26. The van der Waals surface area contributed by atoms with Gasteiger partial charge in [0, 0.05) is 6.54 Å². The van der Waals surface area contributed by atoms with Gasteiger partial charge in [-0.15, -0.1) is 0 Å². The van der Waals surface area contributed by atoms with Crippen molar-refractivity contribution in [2.45, 2.75) is 24.5 Å². The number of aliphatic hydroxyl groups excluding tert-OH is 2. The Morgan fingerprint density at radius 3 is 2.89 bits per heavy atom. The Kier molecular flexibility index (Phi) is 2.90. The number of nitrogens with two attached hydrogens (primary N) is 2. The normalized spacial score (nSPS) is 33.3. The van der Waals surface area contributed by atoms with Gasteiger partial charge < -0.3 is 36.6 Å². The zero-order chi connectivity index (χ0) is 13.6. The number of rotatable bonds is 2. The third-order valence-electron chi connectivity index (χ3n) is 3.43. The van der Waals surface area contributed by atoms with Crippen molar-refractivity contribution in [3.8, 4) is 0 Å². The van der Waals surface area contributed by atoms with E-state index in [0.717, 1.165) is 0 Å². The number of ether oxygens (including phenoxy) is 1. The lowest BCUT2D eigenvalue weighted by atomic mass is 10.1. The topological polar surface area (TPSA) is 143 Å². The van der Waals surface area contributed by atoms with E-state index in [1.807, 2.05) is 0 Å². The molecule has 4 atom stereocenters. The van der Waals surface area contributed by atoms with Crippen molar-refractivity contribution >= 4 is 17.3 Å². The molecule has 0 aliphatic carbocycles. The van der Waals surface area contributed by atoms with Crippen LogP contribution in [0.2, 0.25) is 0 Å². The van der Waals surface area contributed by atoms with E-state index in [1.165, 1.54) is 6.33 Å². The first-order valence-corrected chi connectivity index (χ1v) is 5.96. The number of hydrogen-bond acceptors (Lipinski definition) is 9. The average Bonchev–Trinajstić information content (AvgIpc) is 2.94. The third kappa shape index (κ3) is 1.78. The second kappa shape index (κ2) is 4.46. The highest BCUT2D eigenvalue weighted by Crippen LogP contribution is 2.36. The summed E-state index contributed by atoms with van der Waals surface area (Å²) in [5, 5.41) is 22.9. The van der Waals surface area contributed by atoms with E-state index in [2.05, 4.69) is 15.3 Å². The molecule has 0 radical (unpaired) electrons. The first-order valence-electron chi connectivity index (χ1n) is 5.96. The molecule has 3 rings (SSSR count). The summed E-state index contributed by atoms with van der Waals surface area (Å²) in [5.74, 6) is 0.873. The largest absolute Gasteiger partial charge is 0.387 e. The molecule has 1 fully saturated rings. The first kappa shape index (κ1) is 12.4. The van der Waals surface area contributed by atoms with Crippen LogP contribution in [-0.2, 0) is 4.74 Å². The van der Waals surface area contributed by atoms with Crippen LogP contribution in [0.25, 0.3) is 0 Å². The molecular weight excluding hydrogens is 252 g/mol.